The van der Waals surface area contributed by atoms with Gasteiger partial charge >= 0.3 is 0 Å². The van der Waals surface area contributed by atoms with Gasteiger partial charge in [0.25, 0.3) is 0 Å². The predicted molar refractivity (Wildman–Crippen MR) is 79.5 cm³/mol. The van der Waals surface area contributed by atoms with Crippen LogP contribution in [-0.2, 0) is 11.3 Å². The number of amides is 1. The number of nitrogens with zero attached hydrogens (tertiary/aromatic N) is 1. The minimum atomic E-state index is -0.136. The second kappa shape index (κ2) is 6.45. The van der Waals surface area contributed by atoms with Crippen LogP contribution in [0.1, 0.15) is 5.56 Å². The lowest BCUT2D eigenvalue weighted by Gasteiger charge is -2.15. The maximum Gasteiger partial charge on any atom is 0.238 e. The molecule has 2 aromatic rings. The fraction of sp³-hybridized carbons (Fsp3) is 0.214. The van der Waals surface area contributed by atoms with Crippen molar-refractivity contribution in [2.24, 2.45) is 0 Å². The van der Waals surface area contributed by atoms with E-state index in [0.29, 0.717) is 22.9 Å². The Labute approximate surface area is 122 Å². The number of benzene rings is 1. The summed E-state index contributed by atoms with van der Waals surface area (Å²) in [7, 11) is 1.86. The van der Waals surface area contributed by atoms with Crippen LogP contribution in [0.5, 0.6) is 0 Å². The van der Waals surface area contributed by atoms with E-state index in [1.807, 2.05) is 18.0 Å². The van der Waals surface area contributed by atoms with Crippen LogP contribution in [0.2, 0.25) is 5.02 Å². The molecule has 0 radical (unpaired) electrons. The zero-order valence-electron chi connectivity index (χ0n) is 11.1. The number of halogens is 1. The predicted octanol–water partition coefficient (Wildman–Crippen LogP) is 2.59. The van der Waals surface area contributed by atoms with Crippen molar-refractivity contribution in [3.63, 3.8) is 0 Å². The van der Waals surface area contributed by atoms with Gasteiger partial charge in [-0.3, -0.25) is 9.69 Å². The fourth-order valence-electron chi connectivity index (χ4n) is 1.82. The monoisotopic (exact) mass is 293 g/mol. The van der Waals surface area contributed by atoms with Crippen molar-refractivity contribution in [2.45, 2.75) is 6.54 Å². The molecule has 0 saturated heterocycles. The van der Waals surface area contributed by atoms with Gasteiger partial charge in [-0.25, -0.2) is 0 Å². The lowest BCUT2D eigenvalue weighted by Crippen LogP contribution is -2.29. The SMILES string of the molecule is CN(CC(=O)Nc1ccc(N)cc1Cl)Cc1ccoc1. The number of carbonyl (C=O) groups is 1. The molecule has 20 heavy (non-hydrogen) atoms. The molecular formula is C14H16ClN3O2. The van der Waals surface area contributed by atoms with E-state index in [-0.39, 0.29) is 12.5 Å². The molecule has 106 valence electrons. The van der Waals surface area contributed by atoms with Crippen LogP contribution in [0.15, 0.2) is 41.2 Å². The molecule has 0 atom stereocenters. The van der Waals surface area contributed by atoms with E-state index in [9.17, 15) is 4.79 Å². The van der Waals surface area contributed by atoms with Crippen molar-refractivity contribution in [2.75, 3.05) is 24.6 Å². The molecule has 0 fully saturated rings. The highest BCUT2D eigenvalue weighted by atomic mass is 35.5. The third kappa shape index (κ3) is 4.01. The number of anilines is 2. The van der Waals surface area contributed by atoms with Gasteiger partial charge in [-0.1, -0.05) is 11.6 Å². The normalized spacial score (nSPS) is 10.8. The average molecular weight is 294 g/mol. The Kier molecular flexibility index (Phi) is 4.65. The molecule has 0 aliphatic carbocycles. The first-order valence-electron chi connectivity index (χ1n) is 6.09. The van der Waals surface area contributed by atoms with Crippen molar-refractivity contribution in [3.8, 4) is 0 Å². The lowest BCUT2D eigenvalue weighted by molar-refractivity contribution is -0.117. The Morgan fingerprint density at radius 1 is 1.45 bits per heavy atom. The molecule has 0 saturated carbocycles. The topological polar surface area (TPSA) is 71.5 Å². The molecule has 5 nitrogen and oxygen atoms in total. The smallest absolute Gasteiger partial charge is 0.238 e. The van der Waals surface area contributed by atoms with Gasteiger partial charge in [0.05, 0.1) is 29.8 Å². The summed E-state index contributed by atoms with van der Waals surface area (Å²) >= 11 is 6.00. The standard InChI is InChI=1S/C14H16ClN3O2/c1-18(7-10-4-5-20-9-10)8-14(19)17-13-3-2-11(16)6-12(13)15/h2-6,9H,7-8,16H2,1H3,(H,17,19). The van der Waals surface area contributed by atoms with Gasteiger partial charge in [-0.15, -0.1) is 0 Å². The van der Waals surface area contributed by atoms with Crippen molar-refractivity contribution in [3.05, 3.63) is 47.4 Å². The number of hydrogen-bond acceptors (Lipinski definition) is 4. The highest BCUT2D eigenvalue weighted by molar-refractivity contribution is 6.34. The van der Waals surface area contributed by atoms with Crippen molar-refractivity contribution in [1.29, 1.82) is 0 Å². The second-order valence-corrected chi connectivity index (χ2v) is 5.00. The maximum atomic E-state index is 11.9. The molecular weight excluding hydrogens is 278 g/mol. The van der Waals surface area contributed by atoms with Crippen LogP contribution in [0.4, 0.5) is 11.4 Å². The first-order valence-corrected chi connectivity index (χ1v) is 6.47. The molecule has 1 heterocycles. The molecule has 6 heteroatoms. The summed E-state index contributed by atoms with van der Waals surface area (Å²) in [4.78, 5) is 13.8. The van der Waals surface area contributed by atoms with Crippen LogP contribution in [0.25, 0.3) is 0 Å². The van der Waals surface area contributed by atoms with Gasteiger partial charge in [0, 0.05) is 17.8 Å². The maximum absolute atomic E-state index is 11.9. The minimum Gasteiger partial charge on any atom is -0.472 e. The number of hydrogen-bond donors (Lipinski definition) is 2. The highest BCUT2D eigenvalue weighted by Crippen LogP contribution is 2.23. The van der Waals surface area contributed by atoms with Gasteiger partial charge in [-0.2, -0.15) is 0 Å². The Balaban J connectivity index is 1.88. The van der Waals surface area contributed by atoms with E-state index in [0.717, 1.165) is 5.56 Å². The van der Waals surface area contributed by atoms with E-state index in [1.54, 1.807) is 30.7 Å². The Morgan fingerprint density at radius 2 is 2.25 bits per heavy atom. The number of nitrogen functional groups attached to an aromatic ring is 1. The van der Waals surface area contributed by atoms with Crippen LogP contribution < -0.4 is 11.1 Å². The summed E-state index contributed by atoms with van der Waals surface area (Å²) in [5, 5.41) is 3.18. The van der Waals surface area contributed by atoms with Crippen molar-refractivity contribution < 1.29 is 9.21 Å². The lowest BCUT2D eigenvalue weighted by atomic mass is 10.3. The van der Waals surface area contributed by atoms with Gasteiger partial charge in [-0.05, 0) is 31.3 Å². The second-order valence-electron chi connectivity index (χ2n) is 4.59. The minimum absolute atomic E-state index is 0.136. The third-order valence-corrected chi connectivity index (χ3v) is 3.03. The molecule has 3 N–H and O–H groups in total. The van der Waals surface area contributed by atoms with Crippen molar-refractivity contribution >= 4 is 28.9 Å². The summed E-state index contributed by atoms with van der Waals surface area (Å²) in [6.45, 7) is 0.894. The number of likely N-dealkylation sites (N-methyl/N-ethyl adjacent to an activating group) is 1. The van der Waals surface area contributed by atoms with Gasteiger partial charge in [0.1, 0.15) is 0 Å². The zero-order valence-corrected chi connectivity index (χ0v) is 11.9. The molecule has 0 aliphatic rings. The van der Waals surface area contributed by atoms with E-state index in [1.165, 1.54) is 0 Å². The molecule has 1 aromatic carbocycles. The largest absolute Gasteiger partial charge is 0.472 e. The summed E-state index contributed by atoms with van der Waals surface area (Å²) in [6, 6.07) is 6.85. The fourth-order valence-corrected chi connectivity index (χ4v) is 2.05. The van der Waals surface area contributed by atoms with E-state index in [2.05, 4.69) is 5.32 Å². The molecule has 1 amide bonds. The zero-order chi connectivity index (χ0) is 14.5. The number of nitrogens with two attached hydrogens (primary N) is 1. The summed E-state index contributed by atoms with van der Waals surface area (Å²) in [5.41, 5.74) is 7.74. The van der Waals surface area contributed by atoms with Crippen molar-refractivity contribution in [1.82, 2.24) is 4.90 Å². The van der Waals surface area contributed by atoms with Gasteiger partial charge in [0.2, 0.25) is 5.91 Å². The summed E-state index contributed by atoms with van der Waals surface area (Å²) in [5.74, 6) is -0.136. The first-order chi connectivity index (χ1) is 9.54. The average Bonchev–Trinajstić information content (AvgIpc) is 2.85. The Morgan fingerprint density at radius 3 is 2.90 bits per heavy atom. The van der Waals surface area contributed by atoms with Crippen LogP contribution in [0, 0.1) is 0 Å². The summed E-state index contributed by atoms with van der Waals surface area (Å²) in [6.07, 6.45) is 3.27. The molecule has 0 aliphatic heterocycles. The quantitative estimate of drug-likeness (QED) is 0.831. The number of nitrogens with one attached hydrogen (secondary N) is 1. The van der Waals surface area contributed by atoms with Crippen LogP contribution in [0.3, 0.4) is 0 Å². The number of furan rings is 1. The number of rotatable bonds is 5. The van der Waals surface area contributed by atoms with Crippen LogP contribution in [-0.4, -0.2) is 24.4 Å². The van der Waals surface area contributed by atoms with Gasteiger partial charge < -0.3 is 15.5 Å². The molecule has 0 spiro atoms. The van der Waals surface area contributed by atoms with E-state index < -0.39 is 0 Å². The third-order valence-electron chi connectivity index (χ3n) is 2.71. The number of carbonyl (C=O) groups excluding carboxylic acids is 1. The van der Waals surface area contributed by atoms with Crippen LogP contribution >= 0.6 is 11.6 Å². The highest BCUT2D eigenvalue weighted by Gasteiger charge is 2.10. The summed E-state index contributed by atoms with van der Waals surface area (Å²) < 4.78 is 4.99. The Hall–Kier alpha value is -1.98. The molecule has 2 rings (SSSR count). The Bertz CT molecular complexity index is 584. The van der Waals surface area contributed by atoms with E-state index in [4.69, 9.17) is 21.8 Å². The first kappa shape index (κ1) is 14.4. The van der Waals surface area contributed by atoms with Gasteiger partial charge in [0.15, 0.2) is 0 Å². The molecule has 0 unspecified atom stereocenters. The molecule has 0 bridgehead atoms. The molecule has 1 aromatic heterocycles. The van der Waals surface area contributed by atoms with E-state index >= 15 is 0 Å².